The standard InChI is InChI=1S/C19H18F3NO5/c1-19(2)27-9-10(28-19)8-26-14-7-5-11(20)15(16(14)22)17-12(21)4-6-13(23-17)18(24)25-3/h4-7,10H,8-9H2,1-3H3/t10-/m0/s1. The quantitative estimate of drug-likeness (QED) is 0.720. The molecular formula is C19H18F3NO5. The van der Waals surface area contributed by atoms with Gasteiger partial charge in [0.1, 0.15) is 35.7 Å². The highest BCUT2D eigenvalue weighted by atomic mass is 19.1. The fourth-order valence-corrected chi connectivity index (χ4v) is 2.73. The fourth-order valence-electron chi connectivity index (χ4n) is 2.73. The molecule has 150 valence electrons. The summed E-state index contributed by atoms with van der Waals surface area (Å²) in [6.45, 7) is 3.65. The lowest BCUT2D eigenvalue weighted by molar-refractivity contribution is -0.141. The first-order valence-corrected chi connectivity index (χ1v) is 8.39. The summed E-state index contributed by atoms with van der Waals surface area (Å²) in [5.41, 5.74) is -1.70. The minimum atomic E-state index is -1.15. The number of pyridine rings is 1. The minimum absolute atomic E-state index is 0.0521. The lowest BCUT2D eigenvalue weighted by atomic mass is 10.1. The van der Waals surface area contributed by atoms with Crippen LogP contribution in [-0.4, -0.2) is 43.2 Å². The number of halogens is 3. The first-order chi connectivity index (χ1) is 13.2. The van der Waals surface area contributed by atoms with Gasteiger partial charge in [0.2, 0.25) is 0 Å². The third-order valence-electron chi connectivity index (χ3n) is 4.03. The topological polar surface area (TPSA) is 66.9 Å². The van der Waals surface area contributed by atoms with E-state index in [0.29, 0.717) is 0 Å². The maximum absolute atomic E-state index is 14.9. The van der Waals surface area contributed by atoms with Gasteiger partial charge >= 0.3 is 5.97 Å². The van der Waals surface area contributed by atoms with Gasteiger partial charge in [0.25, 0.3) is 0 Å². The SMILES string of the molecule is COC(=O)c1ccc(F)c(-c2c(F)ccc(OC[C@H]3COC(C)(C)O3)c2F)n1. The molecule has 0 saturated carbocycles. The first-order valence-electron chi connectivity index (χ1n) is 8.39. The molecule has 2 aromatic rings. The number of carbonyl (C=O) groups is 1. The molecule has 9 heteroatoms. The van der Waals surface area contributed by atoms with Gasteiger partial charge in [0, 0.05) is 0 Å². The molecule has 6 nitrogen and oxygen atoms in total. The van der Waals surface area contributed by atoms with Gasteiger partial charge in [-0.3, -0.25) is 0 Å². The van der Waals surface area contributed by atoms with Crippen LogP contribution in [0.3, 0.4) is 0 Å². The summed E-state index contributed by atoms with van der Waals surface area (Å²) in [6.07, 6.45) is -0.444. The Morgan fingerprint density at radius 3 is 2.57 bits per heavy atom. The van der Waals surface area contributed by atoms with E-state index in [-0.39, 0.29) is 24.7 Å². The minimum Gasteiger partial charge on any atom is -0.488 e. The van der Waals surface area contributed by atoms with Crippen molar-refractivity contribution in [3.8, 4) is 17.0 Å². The van der Waals surface area contributed by atoms with Gasteiger partial charge < -0.3 is 18.9 Å². The van der Waals surface area contributed by atoms with Crippen molar-refractivity contribution in [3.05, 3.63) is 47.4 Å². The summed E-state index contributed by atoms with van der Waals surface area (Å²) >= 11 is 0. The monoisotopic (exact) mass is 397 g/mol. The molecule has 1 fully saturated rings. The molecule has 1 aromatic heterocycles. The van der Waals surface area contributed by atoms with Crippen molar-refractivity contribution in [3.63, 3.8) is 0 Å². The number of methoxy groups -OCH3 is 1. The molecule has 1 atom stereocenters. The Morgan fingerprint density at radius 2 is 1.93 bits per heavy atom. The number of esters is 1. The van der Waals surface area contributed by atoms with Crippen LogP contribution in [0.4, 0.5) is 13.2 Å². The zero-order valence-electron chi connectivity index (χ0n) is 15.4. The molecule has 0 spiro atoms. The number of hydrogen-bond acceptors (Lipinski definition) is 6. The molecule has 2 heterocycles. The largest absolute Gasteiger partial charge is 0.488 e. The highest BCUT2D eigenvalue weighted by Crippen LogP contribution is 2.33. The number of carbonyl (C=O) groups excluding carboxylic acids is 1. The number of nitrogens with zero attached hydrogens (tertiary/aromatic N) is 1. The van der Waals surface area contributed by atoms with Crippen LogP contribution in [0.25, 0.3) is 11.3 Å². The second-order valence-corrected chi connectivity index (χ2v) is 6.51. The fraction of sp³-hybridized carbons (Fsp3) is 0.368. The Bertz CT molecular complexity index is 903. The summed E-state index contributed by atoms with van der Waals surface area (Å²) in [4.78, 5) is 15.3. The average molecular weight is 397 g/mol. The van der Waals surface area contributed by atoms with Crippen LogP contribution in [0.2, 0.25) is 0 Å². The highest BCUT2D eigenvalue weighted by Gasteiger charge is 2.33. The number of benzene rings is 1. The summed E-state index contributed by atoms with van der Waals surface area (Å²) < 4.78 is 64.2. The highest BCUT2D eigenvalue weighted by molar-refractivity contribution is 5.88. The van der Waals surface area contributed by atoms with Crippen LogP contribution >= 0.6 is 0 Å². The van der Waals surface area contributed by atoms with Crippen LogP contribution in [-0.2, 0) is 14.2 Å². The molecule has 1 aliphatic heterocycles. The van der Waals surface area contributed by atoms with Gasteiger partial charge in [-0.25, -0.2) is 22.9 Å². The number of rotatable bonds is 5. The third-order valence-corrected chi connectivity index (χ3v) is 4.03. The van der Waals surface area contributed by atoms with Gasteiger partial charge in [0.15, 0.2) is 17.4 Å². The number of ether oxygens (including phenoxy) is 4. The molecule has 1 saturated heterocycles. The summed E-state index contributed by atoms with van der Waals surface area (Å²) in [5, 5.41) is 0. The maximum atomic E-state index is 14.9. The van der Waals surface area contributed by atoms with E-state index in [1.54, 1.807) is 13.8 Å². The molecule has 0 unspecified atom stereocenters. The van der Waals surface area contributed by atoms with E-state index in [2.05, 4.69) is 9.72 Å². The van der Waals surface area contributed by atoms with E-state index >= 15 is 0 Å². The molecule has 3 rings (SSSR count). The number of aromatic nitrogens is 1. The van der Waals surface area contributed by atoms with E-state index in [0.717, 1.165) is 31.4 Å². The maximum Gasteiger partial charge on any atom is 0.356 e. The van der Waals surface area contributed by atoms with Crippen LogP contribution < -0.4 is 4.74 Å². The molecule has 0 bridgehead atoms. The van der Waals surface area contributed by atoms with Gasteiger partial charge in [-0.1, -0.05) is 0 Å². The second kappa shape index (κ2) is 7.76. The smallest absolute Gasteiger partial charge is 0.356 e. The lowest BCUT2D eigenvalue weighted by Gasteiger charge is -2.17. The molecular weight excluding hydrogens is 379 g/mol. The van der Waals surface area contributed by atoms with Crippen LogP contribution in [0.5, 0.6) is 5.75 Å². The lowest BCUT2D eigenvalue weighted by Crippen LogP contribution is -2.25. The summed E-state index contributed by atoms with van der Waals surface area (Å²) in [6, 6.07) is 3.94. The van der Waals surface area contributed by atoms with Crippen molar-refractivity contribution in [2.24, 2.45) is 0 Å². The molecule has 1 aliphatic rings. The van der Waals surface area contributed by atoms with Crippen molar-refractivity contribution in [2.75, 3.05) is 20.3 Å². The Labute approximate surface area is 159 Å². The van der Waals surface area contributed by atoms with Crippen molar-refractivity contribution >= 4 is 5.97 Å². The zero-order valence-corrected chi connectivity index (χ0v) is 15.4. The second-order valence-electron chi connectivity index (χ2n) is 6.51. The van der Waals surface area contributed by atoms with Gasteiger partial charge in [-0.05, 0) is 38.1 Å². The summed E-state index contributed by atoms with van der Waals surface area (Å²) in [7, 11) is 1.11. The van der Waals surface area contributed by atoms with Crippen LogP contribution in [0, 0.1) is 17.5 Å². The van der Waals surface area contributed by atoms with Gasteiger partial charge in [-0.2, -0.15) is 0 Å². The van der Waals surface area contributed by atoms with Gasteiger partial charge in [0.05, 0.1) is 19.3 Å². The van der Waals surface area contributed by atoms with E-state index in [4.69, 9.17) is 14.2 Å². The normalized spacial score (nSPS) is 18.1. The molecule has 0 radical (unpaired) electrons. The van der Waals surface area contributed by atoms with Crippen LogP contribution in [0.1, 0.15) is 24.3 Å². The Morgan fingerprint density at radius 1 is 1.21 bits per heavy atom. The Balaban J connectivity index is 1.90. The van der Waals surface area contributed by atoms with E-state index in [9.17, 15) is 18.0 Å². The van der Waals surface area contributed by atoms with Crippen molar-refractivity contribution in [1.82, 2.24) is 4.98 Å². The zero-order chi connectivity index (χ0) is 20.5. The first kappa shape index (κ1) is 20.1. The third kappa shape index (κ3) is 4.10. The Hall–Kier alpha value is -2.65. The van der Waals surface area contributed by atoms with E-state index in [1.807, 2.05) is 0 Å². The predicted octanol–water partition coefficient (Wildman–Crippen LogP) is 3.48. The summed E-state index contributed by atoms with van der Waals surface area (Å²) in [5.74, 6) is -5.16. The van der Waals surface area contributed by atoms with E-state index < -0.39 is 46.6 Å². The van der Waals surface area contributed by atoms with Crippen molar-refractivity contribution in [2.45, 2.75) is 25.7 Å². The predicted molar refractivity (Wildman–Crippen MR) is 91.3 cm³/mol. The van der Waals surface area contributed by atoms with Crippen LogP contribution in [0.15, 0.2) is 24.3 Å². The van der Waals surface area contributed by atoms with E-state index in [1.165, 1.54) is 0 Å². The Kier molecular flexibility index (Phi) is 5.57. The molecule has 0 aliphatic carbocycles. The molecule has 1 aromatic carbocycles. The van der Waals surface area contributed by atoms with Crippen molar-refractivity contribution < 1.29 is 36.9 Å². The molecule has 28 heavy (non-hydrogen) atoms. The molecule has 0 N–H and O–H groups in total. The number of hydrogen-bond donors (Lipinski definition) is 0. The van der Waals surface area contributed by atoms with Crippen molar-refractivity contribution in [1.29, 1.82) is 0 Å². The molecule has 0 amide bonds. The van der Waals surface area contributed by atoms with Gasteiger partial charge in [-0.15, -0.1) is 0 Å². The average Bonchev–Trinajstić information content (AvgIpc) is 3.00.